The lowest BCUT2D eigenvalue weighted by Gasteiger charge is -2.27. The number of nitrogens with zero attached hydrogens (tertiary/aromatic N) is 1. The molecule has 1 aromatic carbocycles. The Kier molecular flexibility index (Phi) is 5.24. The van der Waals surface area contributed by atoms with E-state index in [9.17, 15) is 13.2 Å². The molecule has 0 unspecified atom stereocenters. The second-order valence-electron chi connectivity index (χ2n) is 6.43. The number of carbonyl (C=O) groups excluding carboxylic acids is 1. The van der Waals surface area contributed by atoms with E-state index in [1.54, 1.807) is 22.3 Å². The smallest absolute Gasteiger partial charge is 0.266 e. The van der Waals surface area contributed by atoms with Crippen molar-refractivity contribution < 1.29 is 13.2 Å². The molecule has 0 saturated carbocycles. The van der Waals surface area contributed by atoms with E-state index < -0.39 is 9.84 Å². The van der Waals surface area contributed by atoms with E-state index in [1.807, 2.05) is 29.6 Å². The van der Waals surface area contributed by atoms with E-state index >= 15 is 0 Å². The van der Waals surface area contributed by atoms with Crippen molar-refractivity contribution in [1.29, 1.82) is 0 Å². The van der Waals surface area contributed by atoms with Crippen LogP contribution in [0.25, 0.3) is 10.1 Å². The molecule has 0 N–H and O–H groups in total. The number of benzene rings is 1. The quantitative estimate of drug-likeness (QED) is 0.545. The summed E-state index contributed by atoms with van der Waals surface area (Å²) in [7, 11) is -3.12. The number of halogens is 2. The predicted molar refractivity (Wildman–Crippen MR) is 113 cm³/mol. The van der Waals surface area contributed by atoms with Gasteiger partial charge in [0.15, 0.2) is 9.84 Å². The Bertz CT molecular complexity index is 1110. The minimum atomic E-state index is -3.12. The molecule has 0 spiro atoms. The van der Waals surface area contributed by atoms with Gasteiger partial charge in [-0.15, -0.1) is 22.7 Å². The third-order valence-electron chi connectivity index (χ3n) is 4.62. The normalized spacial score (nSPS) is 18.8. The van der Waals surface area contributed by atoms with Gasteiger partial charge in [-0.1, -0.05) is 35.3 Å². The number of carbonyl (C=O) groups is 1. The highest BCUT2D eigenvalue weighted by molar-refractivity contribution is 7.91. The summed E-state index contributed by atoms with van der Waals surface area (Å²) in [6.45, 7) is 0.370. The maximum atomic E-state index is 13.4. The molecule has 0 bridgehead atoms. The summed E-state index contributed by atoms with van der Waals surface area (Å²) in [6, 6.07) is 8.94. The van der Waals surface area contributed by atoms with Crippen molar-refractivity contribution >= 4 is 71.7 Å². The minimum absolute atomic E-state index is 0.00656. The van der Waals surface area contributed by atoms with Gasteiger partial charge in [0.1, 0.15) is 4.88 Å². The van der Waals surface area contributed by atoms with E-state index in [2.05, 4.69) is 0 Å². The molecule has 4 rings (SSSR count). The highest BCUT2D eigenvalue weighted by Crippen LogP contribution is 2.40. The second-order valence-corrected chi connectivity index (χ2v) is 11.5. The maximum Gasteiger partial charge on any atom is 0.266 e. The standard InChI is InChI=1S/C18H15Cl2NO3S3/c19-13-4-1-5-14-15(13)16(20)17(26-14)18(22)21(9-12-3-2-7-25-12)11-6-8-27(23,24)10-11/h1-5,7,11H,6,8-10H2/t11-/m1/s1. The van der Waals surface area contributed by atoms with Gasteiger partial charge in [0, 0.05) is 21.0 Å². The summed E-state index contributed by atoms with van der Waals surface area (Å²) >= 11 is 15.6. The molecule has 27 heavy (non-hydrogen) atoms. The number of thiophene rings is 2. The van der Waals surface area contributed by atoms with Crippen LogP contribution < -0.4 is 0 Å². The summed E-state index contributed by atoms with van der Waals surface area (Å²) in [5.41, 5.74) is 0. The third kappa shape index (κ3) is 3.76. The first-order chi connectivity index (χ1) is 12.9. The van der Waals surface area contributed by atoms with Gasteiger partial charge in [-0.25, -0.2) is 8.42 Å². The molecule has 0 aliphatic carbocycles. The van der Waals surface area contributed by atoms with Crippen molar-refractivity contribution in [2.45, 2.75) is 19.0 Å². The van der Waals surface area contributed by atoms with E-state index in [4.69, 9.17) is 23.2 Å². The zero-order valence-electron chi connectivity index (χ0n) is 14.0. The van der Waals surface area contributed by atoms with Crippen LogP contribution in [0.2, 0.25) is 10.0 Å². The summed E-state index contributed by atoms with van der Waals surface area (Å²) in [5.74, 6) is -0.140. The Balaban J connectivity index is 1.74. The third-order valence-corrected chi connectivity index (χ3v) is 9.18. The fourth-order valence-corrected chi connectivity index (χ4v) is 7.64. The van der Waals surface area contributed by atoms with Crippen molar-refractivity contribution in [3.63, 3.8) is 0 Å². The van der Waals surface area contributed by atoms with Crippen LogP contribution in [0.15, 0.2) is 35.7 Å². The van der Waals surface area contributed by atoms with Crippen molar-refractivity contribution in [2.75, 3.05) is 11.5 Å². The van der Waals surface area contributed by atoms with Gasteiger partial charge in [0.05, 0.1) is 28.1 Å². The zero-order chi connectivity index (χ0) is 19.2. The van der Waals surface area contributed by atoms with Gasteiger partial charge in [-0.2, -0.15) is 0 Å². The van der Waals surface area contributed by atoms with Crippen LogP contribution in [0.5, 0.6) is 0 Å². The van der Waals surface area contributed by atoms with Crippen LogP contribution in [0.3, 0.4) is 0 Å². The number of fused-ring (bicyclic) bond motifs is 1. The average molecular weight is 460 g/mol. The molecule has 2 aromatic heterocycles. The molecular weight excluding hydrogens is 445 g/mol. The van der Waals surface area contributed by atoms with E-state index in [1.165, 1.54) is 11.3 Å². The number of hydrogen-bond donors (Lipinski definition) is 0. The Labute approximate surface area is 175 Å². The lowest BCUT2D eigenvalue weighted by Crippen LogP contribution is -2.40. The molecule has 3 aromatic rings. The first kappa shape index (κ1) is 19.2. The molecule has 1 fully saturated rings. The van der Waals surface area contributed by atoms with Crippen molar-refractivity contribution in [3.05, 3.63) is 55.5 Å². The topological polar surface area (TPSA) is 54.5 Å². The van der Waals surface area contributed by atoms with E-state index in [0.717, 1.165) is 9.58 Å². The highest BCUT2D eigenvalue weighted by atomic mass is 35.5. The largest absolute Gasteiger partial charge is 0.329 e. The molecule has 9 heteroatoms. The fraction of sp³-hybridized carbons (Fsp3) is 0.278. The summed E-state index contributed by atoms with van der Waals surface area (Å²) < 4.78 is 24.8. The first-order valence-corrected chi connectivity index (χ1v) is 12.5. The Morgan fingerprint density at radius 1 is 1.22 bits per heavy atom. The van der Waals surface area contributed by atoms with E-state index in [0.29, 0.717) is 33.3 Å². The van der Waals surface area contributed by atoms with Crippen molar-refractivity contribution in [2.24, 2.45) is 0 Å². The van der Waals surface area contributed by atoms with Crippen LogP contribution in [0.1, 0.15) is 21.0 Å². The molecular formula is C18H15Cl2NO3S3. The number of rotatable bonds is 4. The number of hydrogen-bond acceptors (Lipinski definition) is 5. The summed E-state index contributed by atoms with van der Waals surface area (Å²) in [6.07, 6.45) is 0.447. The van der Waals surface area contributed by atoms with Gasteiger partial charge in [0.2, 0.25) is 0 Å². The molecule has 0 radical (unpaired) electrons. The Morgan fingerprint density at radius 2 is 2.04 bits per heavy atom. The number of amides is 1. The Hall–Kier alpha value is -1.12. The zero-order valence-corrected chi connectivity index (χ0v) is 18.0. The van der Waals surface area contributed by atoms with Gasteiger partial charge >= 0.3 is 0 Å². The maximum absolute atomic E-state index is 13.4. The molecule has 1 aliphatic heterocycles. The Morgan fingerprint density at radius 3 is 2.67 bits per heavy atom. The lowest BCUT2D eigenvalue weighted by molar-refractivity contribution is 0.0688. The first-order valence-electron chi connectivity index (χ1n) is 8.26. The molecule has 1 amide bonds. The van der Waals surface area contributed by atoms with Crippen LogP contribution in [-0.4, -0.2) is 36.8 Å². The molecule has 3 heterocycles. The molecule has 4 nitrogen and oxygen atoms in total. The number of sulfone groups is 1. The minimum Gasteiger partial charge on any atom is -0.329 e. The average Bonchev–Trinajstić information content (AvgIpc) is 3.32. The predicted octanol–water partition coefficient (Wildman–Crippen LogP) is 5.10. The van der Waals surface area contributed by atoms with Gasteiger partial charge in [-0.05, 0) is 30.0 Å². The fourth-order valence-electron chi connectivity index (χ4n) is 3.30. The van der Waals surface area contributed by atoms with Crippen LogP contribution in [0, 0.1) is 0 Å². The lowest BCUT2D eigenvalue weighted by atomic mass is 10.2. The SMILES string of the molecule is O=C(c1sc2cccc(Cl)c2c1Cl)N(Cc1cccs1)[C@@H]1CCS(=O)(=O)C1. The molecule has 1 saturated heterocycles. The van der Waals surface area contributed by atoms with Crippen molar-refractivity contribution in [3.8, 4) is 0 Å². The summed E-state index contributed by atoms with van der Waals surface area (Å²) in [5, 5.41) is 3.45. The summed E-state index contributed by atoms with van der Waals surface area (Å²) in [4.78, 5) is 16.4. The van der Waals surface area contributed by atoms with Gasteiger partial charge < -0.3 is 4.90 Å². The van der Waals surface area contributed by atoms with Crippen LogP contribution in [-0.2, 0) is 16.4 Å². The van der Waals surface area contributed by atoms with E-state index in [-0.39, 0.29) is 23.5 Å². The second kappa shape index (κ2) is 7.37. The van der Waals surface area contributed by atoms with Crippen molar-refractivity contribution in [1.82, 2.24) is 4.90 Å². The molecule has 1 atom stereocenters. The van der Waals surface area contributed by atoms with Gasteiger partial charge in [-0.3, -0.25) is 4.79 Å². The highest BCUT2D eigenvalue weighted by Gasteiger charge is 2.36. The van der Waals surface area contributed by atoms with Crippen LogP contribution in [0.4, 0.5) is 0 Å². The molecule has 142 valence electrons. The van der Waals surface area contributed by atoms with Crippen LogP contribution >= 0.6 is 45.9 Å². The monoisotopic (exact) mass is 459 g/mol. The molecule has 1 aliphatic rings. The van der Waals surface area contributed by atoms with Gasteiger partial charge in [0.25, 0.3) is 5.91 Å².